The van der Waals surface area contributed by atoms with Gasteiger partial charge in [0.25, 0.3) is 0 Å². The van der Waals surface area contributed by atoms with Gasteiger partial charge in [-0.25, -0.2) is 0 Å². The molecule has 0 aliphatic rings. The van der Waals surface area contributed by atoms with Crippen molar-refractivity contribution in [3.05, 3.63) is 0 Å². The Balaban J connectivity index is 2.69. The van der Waals surface area contributed by atoms with Gasteiger partial charge in [0.2, 0.25) is 24.3 Å². The number of hydrogen-bond donors (Lipinski definition) is 3. The van der Waals surface area contributed by atoms with Crippen LogP contribution in [-0.4, -0.2) is 35.1 Å². The monoisotopic (exact) mass is 214 g/mol. The van der Waals surface area contributed by atoms with E-state index in [0.29, 0.717) is 6.61 Å². The first-order chi connectivity index (χ1) is 7.15. The topological polar surface area (TPSA) is 121 Å². The lowest BCUT2D eigenvalue weighted by Gasteiger charge is -2.16. The Morgan fingerprint density at radius 1 is 1.27 bits per heavy atom. The lowest BCUT2D eigenvalue weighted by atomic mass is 10.8. The summed E-state index contributed by atoms with van der Waals surface area (Å²) < 4.78 is 10.1. The number of nitrogens with one attached hydrogen (secondary N) is 1. The molecule has 8 nitrogen and oxygen atoms in total. The zero-order chi connectivity index (χ0) is 11.3. The minimum atomic E-state index is -0.642. The van der Waals surface area contributed by atoms with Gasteiger partial charge in [0, 0.05) is 13.7 Å². The molecule has 15 heavy (non-hydrogen) atoms. The van der Waals surface area contributed by atoms with Crippen LogP contribution in [0.2, 0.25) is 0 Å². The minimum absolute atomic E-state index is 0.0383. The van der Waals surface area contributed by atoms with E-state index in [9.17, 15) is 0 Å². The smallest absolute Gasteiger partial charge is 0.240 e. The minimum Gasteiger partial charge on any atom is -0.368 e. The van der Waals surface area contributed by atoms with Crippen LogP contribution in [0.25, 0.3) is 0 Å². The molecule has 0 spiro atoms. The molecule has 0 saturated heterocycles. The number of nitrogens with two attached hydrogens (primary N) is 2. The molecule has 0 bridgehead atoms. The molecule has 0 aliphatic carbocycles. The van der Waals surface area contributed by atoms with Crippen LogP contribution in [0, 0.1) is 0 Å². The van der Waals surface area contributed by atoms with E-state index in [4.69, 9.17) is 20.9 Å². The Kier molecular flexibility index (Phi) is 4.01. The van der Waals surface area contributed by atoms with Crippen LogP contribution in [0.1, 0.15) is 6.92 Å². The standard InChI is InChI=1S/C7H14N6O2/c1-3-15-7(14-2)13-6-11-4(8)10-5(9)12-6/h7H,3H2,1-2H3,(H5,8,9,10,11,12,13). The number of nitrogen functional groups attached to an aromatic ring is 2. The Morgan fingerprint density at radius 3 is 2.33 bits per heavy atom. The van der Waals surface area contributed by atoms with Crippen molar-refractivity contribution < 1.29 is 9.47 Å². The van der Waals surface area contributed by atoms with E-state index in [2.05, 4.69) is 20.3 Å². The van der Waals surface area contributed by atoms with Crippen LogP contribution in [0.5, 0.6) is 0 Å². The van der Waals surface area contributed by atoms with Gasteiger partial charge >= 0.3 is 0 Å². The summed E-state index contributed by atoms with van der Waals surface area (Å²) in [7, 11) is 1.49. The van der Waals surface area contributed by atoms with E-state index >= 15 is 0 Å². The maximum Gasteiger partial charge on any atom is 0.240 e. The highest BCUT2D eigenvalue weighted by Gasteiger charge is 2.09. The van der Waals surface area contributed by atoms with Crippen LogP contribution in [0.3, 0.4) is 0 Å². The molecule has 1 rings (SSSR count). The molecule has 0 aliphatic heterocycles. The van der Waals surface area contributed by atoms with Gasteiger partial charge in [-0.3, -0.25) is 0 Å². The van der Waals surface area contributed by atoms with Crippen molar-refractivity contribution in [1.29, 1.82) is 0 Å². The number of aromatic nitrogens is 3. The van der Waals surface area contributed by atoms with Gasteiger partial charge in [-0.2, -0.15) is 15.0 Å². The first kappa shape index (κ1) is 11.4. The van der Waals surface area contributed by atoms with Crippen molar-refractivity contribution in [3.8, 4) is 0 Å². The number of rotatable bonds is 5. The fourth-order valence-electron chi connectivity index (χ4n) is 0.899. The lowest BCUT2D eigenvalue weighted by Crippen LogP contribution is -2.26. The summed E-state index contributed by atoms with van der Waals surface area (Å²) in [5.41, 5.74) is 10.8. The van der Waals surface area contributed by atoms with E-state index in [1.807, 2.05) is 6.92 Å². The highest BCUT2D eigenvalue weighted by atomic mass is 16.7. The first-order valence-corrected chi connectivity index (χ1v) is 4.33. The third-order valence-electron chi connectivity index (χ3n) is 1.45. The van der Waals surface area contributed by atoms with Gasteiger partial charge < -0.3 is 26.3 Å². The molecule has 1 unspecified atom stereocenters. The average molecular weight is 214 g/mol. The molecule has 5 N–H and O–H groups in total. The molecule has 84 valence electrons. The number of anilines is 3. The fourth-order valence-corrected chi connectivity index (χ4v) is 0.899. The SMILES string of the molecule is CCOC(Nc1nc(N)nc(N)n1)OC. The maximum absolute atomic E-state index is 5.39. The second-order valence-corrected chi connectivity index (χ2v) is 2.54. The van der Waals surface area contributed by atoms with Crippen molar-refractivity contribution in [1.82, 2.24) is 15.0 Å². The predicted molar refractivity (Wildman–Crippen MR) is 54.7 cm³/mol. The van der Waals surface area contributed by atoms with Crippen molar-refractivity contribution in [3.63, 3.8) is 0 Å². The van der Waals surface area contributed by atoms with E-state index in [-0.39, 0.29) is 17.8 Å². The molecule has 0 amide bonds. The molecule has 1 atom stereocenters. The highest BCUT2D eigenvalue weighted by molar-refractivity contribution is 5.36. The van der Waals surface area contributed by atoms with Crippen molar-refractivity contribution in [2.24, 2.45) is 0 Å². The molecule has 0 fully saturated rings. The maximum atomic E-state index is 5.39. The third kappa shape index (κ3) is 3.52. The molecule has 1 aromatic heterocycles. The van der Waals surface area contributed by atoms with Gasteiger partial charge in [-0.15, -0.1) is 0 Å². The summed E-state index contributed by atoms with van der Waals surface area (Å²) in [4.78, 5) is 11.2. The molecule has 0 radical (unpaired) electrons. The van der Waals surface area contributed by atoms with Gasteiger partial charge in [0.15, 0.2) is 0 Å². The Hall–Kier alpha value is -1.67. The number of nitrogens with zero attached hydrogens (tertiary/aromatic N) is 3. The summed E-state index contributed by atoms with van der Waals surface area (Å²) in [5.74, 6) is 0.285. The van der Waals surface area contributed by atoms with E-state index in [1.165, 1.54) is 7.11 Å². The quantitative estimate of drug-likeness (QED) is 0.556. The highest BCUT2D eigenvalue weighted by Crippen LogP contribution is 2.05. The molecule has 0 aromatic carbocycles. The largest absolute Gasteiger partial charge is 0.368 e. The number of methoxy groups -OCH3 is 1. The van der Waals surface area contributed by atoms with Crippen LogP contribution in [-0.2, 0) is 9.47 Å². The first-order valence-electron chi connectivity index (χ1n) is 4.33. The average Bonchev–Trinajstić information content (AvgIpc) is 2.15. The van der Waals surface area contributed by atoms with E-state index < -0.39 is 6.41 Å². The van der Waals surface area contributed by atoms with Crippen molar-refractivity contribution >= 4 is 17.8 Å². The normalized spacial score (nSPS) is 12.4. The van der Waals surface area contributed by atoms with E-state index in [0.717, 1.165) is 0 Å². The molecule has 1 heterocycles. The second-order valence-electron chi connectivity index (χ2n) is 2.54. The van der Waals surface area contributed by atoms with Gasteiger partial charge in [0.05, 0.1) is 0 Å². The number of hydrogen-bond acceptors (Lipinski definition) is 8. The summed E-state index contributed by atoms with van der Waals surface area (Å²) in [5, 5.41) is 2.74. The zero-order valence-corrected chi connectivity index (χ0v) is 8.60. The van der Waals surface area contributed by atoms with Crippen LogP contribution in [0.4, 0.5) is 17.8 Å². The molecular formula is C7H14N6O2. The second kappa shape index (κ2) is 5.27. The van der Waals surface area contributed by atoms with E-state index in [1.54, 1.807) is 0 Å². The molecule has 0 saturated carbocycles. The van der Waals surface area contributed by atoms with Crippen LogP contribution in [0.15, 0.2) is 0 Å². The zero-order valence-electron chi connectivity index (χ0n) is 8.60. The van der Waals surface area contributed by atoms with Gasteiger partial charge in [0.1, 0.15) is 0 Å². The summed E-state index contributed by atoms with van der Waals surface area (Å²) in [6.45, 7) is 2.32. The Bertz CT molecular complexity index is 300. The molecule has 8 heteroatoms. The fraction of sp³-hybridized carbons (Fsp3) is 0.571. The summed E-state index contributed by atoms with van der Waals surface area (Å²) >= 11 is 0. The molecule has 1 aromatic rings. The number of ether oxygens (including phenoxy) is 2. The summed E-state index contributed by atoms with van der Waals surface area (Å²) in [6, 6.07) is 0. The summed E-state index contributed by atoms with van der Waals surface area (Å²) in [6.07, 6.45) is -0.642. The Labute approximate surface area is 87.0 Å². The third-order valence-corrected chi connectivity index (χ3v) is 1.45. The molecular weight excluding hydrogens is 200 g/mol. The van der Waals surface area contributed by atoms with Crippen LogP contribution < -0.4 is 16.8 Å². The van der Waals surface area contributed by atoms with Crippen molar-refractivity contribution in [2.75, 3.05) is 30.5 Å². The van der Waals surface area contributed by atoms with Gasteiger partial charge in [-0.1, -0.05) is 0 Å². The predicted octanol–water partition coefficient (Wildman–Crippen LogP) is -0.586. The van der Waals surface area contributed by atoms with Gasteiger partial charge in [-0.05, 0) is 6.92 Å². The van der Waals surface area contributed by atoms with Crippen LogP contribution >= 0.6 is 0 Å². The lowest BCUT2D eigenvalue weighted by molar-refractivity contribution is -0.0999. The Morgan fingerprint density at radius 2 is 1.87 bits per heavy atom. The van der Waals surface area contributed by atoms with Crippen molar-refractivity contribution in [2.45, 2.75) is 13.3 Å².